The zero-order valence-corrected chi connectivity index (χ0v) is 10.5. The molecule has 0 aromatic carbocycles. The fraction of sp³-hybridized carbons (Fsp3) is 0.900. The molecule has 1 aliphatic heterocycles. The van der Waals surface area contributed by atoms with E-state index in [1.54, 1.807) is 11.8 Å². The van der Waals surface area contributed by atoms with Crippen molar-refractivity contribution in [1.82, 2.24) is 4.90 Å². The van der Waals surface area contributed by atoms with Gasteiger partial charge in [0.15, 0.2) is 9.84 Å². The third-order valence-electron chi connectivity index (χ3n) is 2.98. The zero-order chi connectivity index (χ0) is 12.2. The van der Waals surface area contributed by atoms with E-state index >= 15 is 0 Å². The van der Waals surface area contributed by atoms with Crippen LogP contribution >= 0.6 is 0 Å². The molecule has 1 atom stereocenters. The van der Waals surface area contributed by atoms with E-state index in [0.29, 0.717) is 13.1 Å². The van der Waals surface area contributed by atoms with E-state index in [4.69, 9.17) is 5.73 Å². The average Bonchev–Trinajstić information content (AvgIpc) is 2.28. The van der Waals surface area contributed by atoms with E-state index in [9.17, 15) is 13.2 Å². The molecule has 1 rings (SSSR count). The minimum Gasteiger partial charge on any atom is -0.342 e. The fourth-order valence-electron chi connectivity index (χ4n) is 1.70. The largest absolute Gasteiger partial charge is 0.342 e. The van der Waals surface area contributed by atoms with Gasteiger partial charge in [0.05, 0.1) is 5.25 Å². The second-order valence-corrected chi connectivity index (χ2v) is 6.71. The van der Waals surface area contributed by atoms with E-state index in [0.717, 1.165) is 19.3 Å². The van der Waals surface area contributed by atoms with Crippen molar-refractivity contribution in [2.75, 3.05) is 25.4 Å². The Hall–Kier alpha value is -0.620. The third-order valence-corrected chi connectivity index (χ3v) is 5.05. The van der Waals surface area contributed by atoms with E-state index in [-0.39, 0.29) is 12.5 Å². The zero-order valence-electron chi connectivity index (χ0n) is 9.68. The molecule has 94 valence electrons. The number of piperidine rings is 1. The first-order valence-electron chi connectivity index (χ1n) is 5.67. The van der Waals surface area contributed by atoms with Gasteiger partial charge in [-0.2, -0.15) is 0 Å². The maximum atomic E-state index is 11.7. The van der Waals surface area contributed by atoms with Crippen LogP contribution in [0.1, 0.15) is 26.2 Å². The van der Waals surface area contributed by atoms with Gasteiger partial charge in [0.25, 0.3) is 0 Å². The minimum absolute atomic E-state index is 0.0651. The molecule has 1 unspecified atom stereocenters. The summed E-state index contributed by atoms with van der Waals surface area (Å²) in [6.45, 7) is 2.98. The van der Waals surface area contributed by atoms with Gasteiger partial charge in [0.1, 0.15) is 5.75 Å². The molecule has 6 heteroatoms. The first kappa shape index (κ1) is 13.4. The van der Waals surface area contributed by atoms with Crippen LogP contribution < -0.4 is 5.73 Å². The Morgan fingerprint density at radius 3 is 2.38 bits per heavy atom. The van der Waals surface area contributed by atoms with Gasteiger partial charge in [0.2, 0.25) is 5.91 Å². The molecule has 0 aromatic heterocycles. The number of rotatable bonds is 4. The molecule has 2 N–H and O–H groups in total. The highest BCUT2D eigenvalue weighted by molar-refractivity contribution is 7.92. The Labute approximate surface area is 96.9 Å². The molecule has 0 saturated carbocycles. The topological polar surface area (TPSA) is 80.5 Å². The van der Waals surface area contributed by atoms with Gasteiger partial charge < -0.3 is 10.6 Å². The SMILES string of the molecule is CC(CN)S(=O)(=O)CC(=O)N1CCCCC1. The van der Waals surface area contributed by atoms with Crippen molar-refractivity contribution in [2.24, 2.45) is 5.73 Å². The molecule has 1 saturated heterocycles. The molecule has 5 nitrogen and oxygen atoms in total. The summed E-state index contributed by atoms with van der Waals surface area (Å²) < 4.78 is 23.4. The smallest absolute Gasteiger partial charge is 0.237 e. The van der Waals surface area contributed by atoms with Crippen molar-refractivity contribution in [3.05, 3.63) is 0 Å². The van der Waals surface area contributed by atoms with Crippen molar-refractivity contribution in [3.63, 3.8) is 0 Å². The van der Waals surface area contributed by atoms with Crippen molar-refractivity contribution in [3.8, 4) is 0 Å². The van der Waals surface area contributed by atoms with Crippen LogP contribution in [0.2, 0.25) is 0 Å². The monoisotopic (exact) mass is 248 g/mol. The second kappa shape index (κ2) is 5.63. The summed E-state index contributed by atoms with van der Waals surface area (Å²) in [5.74, 6) is -0.675. The number of sulfone groups is 1. The van der Waals surface area contributed by atoms with Crippen LogP contribution in [-0.2, 0) is 14.6 Å². The number of nitrogens with two attached hydrogens (primary N) is 1. The Balaban J connectivity index is 2.56. The summed E-state index contributed by atoms with van der Waals surface area (Å²) in [6.07, 6.45) is 3.06. The number of likely N-dealkylation sites (tertiary alicyclic amines) is 1. The summed E-state index contributed by atoms with van der Waals surface area (Å²) in [7, 11) is -3.38. The van der Waals surface area contributed by atoms with Gasteiger partial charge in [-0.15, -0.1) is 0 Å². The Bertz CT molecular complexity index is 334. The maximum absolute atomic E-state index is 11.7. The highest BCUT2D eigenvalue weighted by Gasteiger charge is 2.26. The molecule has 1 fully saturated rings. The van der Waals surface area contributed by atoms with Crippen LogP contribution in [0.25, 0.3) is 0 Å². The summed E-state index contributed by atoms with van der Waals surface area (Å²) in [4.78, 5) is 13.4. The average molecular weight is 248 g/mol. The lowest BCUT2D eigenvalue weighted by Crippen LogP contribution is -2.41. The van der Waals surface area contributed by atoms with Gasteiger partial charge in [-0.05, 0) is 26.2 Å². The first-order valence-corrected chi connectivity index (χ1v) is 7.38. The molecule has 1 amide bonds. The molecule has 1 heterocycles. The number of nitrogens with zero attached hydrogens (tertiary/aromatic N) is 1. The Morgan fingerprint density at radius 1 is 1.31 bits per heavy atom. The minimum atomic E-state index is -3.38. The van der Waals surface area contributed by atoms with Gasteiger partial charge in [-0.25, -0.2) is 8.42 Å². The predicted octanol–water partition coefficient (Wildman–Crippen LogP) is -0.239. The standard InChI is InChI=1S/C10H20N2O3S/c1-9(7-11)16(14,15)8-10(13)12-5-3-2-4-6-12/h9H,2-8,11H2,1H3. The van der Waals surface area contributed by atoms with E-state index < -0.39 is 20.8 Å². The molecule has 0 aliphatic carbocycles. The van der Waals surface area contributed by atoms with Gasteiger partial charge in [-0.1, -0.05) is 0 Å². The number of carbonyl (C=O) groups is 1. The van der Waals surface area contributed by atoms with Gasteiger partial charge >= 0.3 is 0 Å². The van der Waals surface area contributed by atoms with Crippen molar-refractivity contribution < 1.29 is 13.2 Å². The van der Waals surface area contributed by atoms with Gasteiger partial charge in [-0.3, -0.25) is 4.79 Å². The fourth-order valence-corrected chi connectivity index (χ4v) is 2.80. The van der Waals surface area contributed by atoms with Crippen molar-refractivity contribution in [2.45, 2.75) is 31.4 Å². The molecule has 1 aliphatic rings. The molecule has 0 aromatic rings. The number of hydrogen-bond acceptors (Lipinski definition) is 4. The molecule has 0 bridgehead atoms. The van der Waals surface area contributed by atoms with Crippen molar-refractivity contribution in [1.29, 1.82) is 0 Å². The summed E-state index contributed by atoms with van der Waals surface area (Å²) in [6, 6.07) is 0. The number of amides is 1. The Morgan fingerprint density at radius 2 is 1.88 bits per heavy atom. The lowest BCUT2D eigenvalue weighted by molar-refractivity contribution is -0.129. The van der Waals surface area contributed by atoms with Crippen molar-refractivity contribution >= 4 is 15.7 Å². The Kier molecular flexibility index (Phi) is 4.73. The predicted molar refractivity (Wildman–Crippen MR) is 62.7 cm³/mol. The number of hydrogen-bond donors (Lipinski definition) is 1. The summed E-state index contributed by atoms with van der Waals surface area (Å²) >= 11 is 0. The van der Waals surface area contributed by atoms with Crippen LogP contribution in [0.5, 0.6) is 0 Å². The first-order chi connectivity index (χ1) is 7.47. The highest BCUT2D eigenvalue weighted by atomic mass is 32.2. The summed E-state index contributed by atoms with van der Waals surface area (Å²) in [5, 5.41) is -0.638. The van der Waals surface area contributed by atoms with Crippen LogP contribution in [0, 0.1) is 0 Å². The second-order valence-electron chi connectivity index (χ2n) is 4.29. The van der Waals surface area contributed by atoms with E-state index in [1.165, 1.54) is 0 Å². The molecule has 0 radical (unpaired) electrons. The molecule has 16 heavy (non-hydrogen) atoms. The van der Waals surface area contributed by atoms with E-state index in [1.807, 2.05) is 0 Å². The molecular weight excluding hydrogens is 228 g/mol. The quantitative estimate of drug-likeness (QED) is 0.744. The van der Waals surface area contributed by atoms with E-state index in [2.05, 4.69) is 0 Å². The van der Waals surface area contributed by atoms with Crippen LogP contribution in [-0.4, -0.2) is 49.9 Å². The van der Waals surface area contributed by atoms with Crippen LogP contribution in [0.15, 0.2) is 0 Å². The third kappa shape index (κ3) is 3.45. The van der Waals surface area contributed by atoms with Crippen LogP contribution in [0.3, 0.4) is 0 Å². The maximum Gasteiger partial charge on any atom is 0.237 e. The number of carbonyl (C=O) groups excluding carboxylic acids is 1. The summed E-state index contributed by atoms with van der Waals surface area (Å²) in [5.41, 5.74) is 5.31. The lowest BCUT2D eigenvalue weighted by Gasteiger charge is -2.27. The van der Waals surface area contributed by atoms with Crippen LogP contribution in [0.4, 0.5) is 0 Å². The molecular formula is C10H20N2O3S. The normalized spacial score (nSPS) is 19.5. The lowest BCUT2D eigenvalue weighted by atomic mass is 10.1. The highest BCUT2D eigenvalue weighted by Crippen LogP contribution is 2.10. The van der Waals surface area contributed by atoms with Gasteiger partial charge in [0, 0.05) is 19.6 Å². The molecule has 0 spiro atoms.